The van der Waals surface area contributed by atoms with E-state index in [9.17, 15) is 4.79 Å². The van der Waals surface area contributed by atoms with Crippen molar-refractivity contribution in [2.75, 3.05) is 6.54 Å². The van der Waals surface area contributed by atoms with Gasteiger partial charge in [-0.25, -0.2) is 0 Å². The topological polar surface area (TPSA) is 46.3 Å². The molecule has 0 bridgehead atoms. The summed E-state index contributed by atoms with van der Waals surface area (Å²) in [6.07, 6.45) is 5.39. The molecule has 0 aromatic rings. The van der Waals surface area contributed by atoms with Crippen LogP contribution in [0.4, 0.5) is 0 Å². The van der Waals surface area contributed by atoms with E-state index in [0.717, 1.165) is 32.2 Å². The summed E-state index contributed by atoms with van der Waals surface area (Å²) in [6.45, 7) is 7.29. The molecule has 16 heavy (non-hydrogen) atoms. The molecule has 94 valence electrons. The highest BCUT2D eigenvalue weighted by Gasteiger charge is 2.28. The molecule has 0 aliphatic carbocycles. The third-order valence-corrected chi connectivity index (χ3v) is 3.42. The standard InChI is InChI=1S/C13H26N2O/c1-4-11-7-5-6-8-15(11)13(16)12(14)9-10(2)3/h10-12H,4-9,14H2,1-3H3/t11?,12-/m1/s1. The van der Waals surface area contributed by atoms with Crippen LogP contribution in [0.1, 0.15) is 52.9 Å². The van der Waals surface area contributed by atoms with E-state index in [1.165, 1.54) is 6.42 Å². The van der Waals surface area contributed by atoms with Crippen molar-refractivity contribution in [1.82, 2.24) is 4.90 Å². The molecule has 1 rings (SSSR count). The van der Waals surface area contributed by atoms with Crippen LogP contribution < -0.4 is 5.73 Å². The second-order valence-corrected chi connectivity index (χ2v) is 5.33. The fraction of sp³-hybridized carbons (Fsp3) is 0.923. The summed E-state index contributed by atoms with van der Waals surface area (Å²) in [5.41, 5.74) is 5.97. The predicted molar refractivity (Wildman–Crippen MR) is 67.1 cm³/mol. The number of nitrogens with two attached hydrogens (primary N) is 1. The zero-order valence-electron chi connectivity index (χ0n) is 10.9. The minimum atomic E-state index is -0.299. The second kappa shape index (κ2) is 6.24. The van der Waals surface area contributed by atoms with Gasteiger partial charge in [0, 0.05) is 12.6 Å². The lowest BCUT2D eigenvalue weighted by Crippen LogP contribution is -2.50. The molecule has 1 heterocycles. The first-order valence-corrected chi connectivity index (χ1v) is 6.62. The Bertz CT molecular complexity index is 228. The van der Waals surface area contributed by atoms with Crippen LogP contribution in [0.2, 0.25) is 0 Å². The summed E-state index contributed by atoms with van der Waals surface area (Å²) in [6, 6.07) is 0.131. The monoisotopic (exact) mass is 226 g/mol. The molecule has 1 unspecified atom stereocenters. The van der Waals surface area contributed by atoms with E-state index in [2.05, 4.69) is 20.8 Å². The number of likely N-dealkylation sites (tertiary alicyclic amines) is 1. The van der Waals surface area contributed by atoms with Gasteiger partial charge in [-0.3, -0.25) is 4.79 Å². The number of rotatable bonds is 4. The van der Waals surface area contributed by atoms with Gasteiger partial charge in [0.1, 0.15) is 0 Å². The molecule has 0 aromatic carbocycles. The van der Waals surface area contributed by atoms with Gasteiger partial charge < -0.3 is 10.6 Å². The predicted octanol–water partition coefficient (Wildman–Crippen LogP) is 2.15. The van der Waals surface area contributed by atoms with Crippen LogP contribution in [0.3, 0.4) is 0 Å². The Hall–Kier alpha value is -0.570. The van der Waals surface area contributed by atoms with Crippen molar-refractivity contribution in [1.29, 1.82) is 0 Å². The molecule has 1 aliphatic rings. The lowest BCUT2D eigenvalue weighted by atomic mass is 9.97. The molecular formula is C13H26N2O. The molecule has 0 radical (unpaired) electrons. The summed E-state index contributed by atoms with van der Waals surface area (Å²) in [5.74, 6) is 0.657. The van der Waals surface area contributed by atoms with E-state index < -0.39 is 0 Å². The van der Waals surface area contributed by atoms with Crippen molar-refractivity contribution in [3.05, 3.63) is 0 Å². The number of hydrogen-bond acceptors (Lipinski definition) is 2. The lowest BCUT2D eigenvalue weighted by Gasteiger charge is -2.37. The molecule has 1 fully saturated rings. The first-order chi connectivity index (χ1) is 7.56. The van der Waals surface area contributed by atoms with Gasteiger partial charge in [-0.15, -0.1) is 0 Å². The molecule has 3 nitrogen and oxygen atoms in total. The molecule has 0 spiro atoms. The fourth-order valence-corrected chi connectivity index (χ4v) is 2.54. The summed E-state index contributed by atoms with van der Waals surface area (Å²) in [4.78, 5) is 14.2. The minimum absolute atomic E-state index is 0.167. The smallest absolute Gasteiger partial charge is 0.239 e. The van der Waals surface area contributed by atoms with Crippen molar-refractivity contribution in [2.45, 2.75) is 65.0 Å². The Balaban J connectivity index is 2.56. The van der Waals surface area contributed by atoms with Gasteiger partial charge in [0.25, 0.3) is 0 Å². The Kier molecular flexibility index (Phi) is 5.26. The number of carbonyl (C=O) groups is 1. The first-order valence-electron chi connectivity index (χ1n) is 6.62. The Morgan fingerprint density at radius 2 is 2.12 bits per heavy atom. The van der Waals surface area contributed by atoms with Gasteiger partial charge in [-0.05, 0) is 38.0 Å². The minimum Gasteiger partial charge on any atom is -0.338 e. The number of amides is 1. The van der Waals surface area contributed by atoms with Crippen LogP contribution in [-0.4, -0.2) is 29.4 Å². The van der Waals surface area contributed by atoms with E-state index in [-0.39, 0.29) is 11.9 Å². The average molecular weight is 226 g/mol. The summed E-state index contributed by atoms with van der Waals surface area (Å²) in [7, 11) is 0. The van der Waals surface area contributed by atoms with Crippen molar-refractivity contribution in [3.8, 4) is 0 Å². The number of piperidine rings is 1. The normalized spacial score (nSPS) is 23.6. The van der Waals surface area contributed by atoms with Gasteiger partial charge >= 0.3 is 0 Å². The van der Waals surface area contributed by atoms with Crippen LogP contribution in [0.5, 0.6) is 0 Å². The van der Waals surface area contributed by atoms with Crippen LogP contribution in [0.15, 0.2) is 0 Å². The van der Waals surface area contributed by atoms with Gasteiger partial charge in [0.05, 0.1) is 6.04 Å². The first kappa shape index (κ1) is 13.5. The van der Waals surface area contributed by atoms with Gasteiger partial charge in [0.2, 0.25) is 5.91 Å². The molecular weight excluding hydrogens is 200 g/mol. The highest BCUT2D eigenvalue weighted by Crippen LogP contribution is 2.20. The van der Waals surface area contributed by atoms with E-state index in [0.29, 0.717) is 12.0 Å². The van der Waals surface area contributed by atoms with Gasteiger partial charge in [-0.1, -0.05) is 20.8 Å². The third kappa shape index (κ3) is 3.48. The van der Waals surface area contributed by atoms with Crippen LogP contribution >= 0.6 is 0 Å². The van der Waals surface area contributed by atoms with Crippen molar-refractivity contribution in [2.24, 2.45) is 11.7 Å². The number of hydrogen-bond donors (Lipinski definition) is 1. The van der Waals surface area contributed by atoms with Crippen LogP contribution in [0.25, 0.3) is 0 Å². The number of nitrogens with zero attached hydrogens (tertiary/aromatic N) is 1. The van der Waals surface area contributed by atoms with Crippen molar-refractivity contribution in [3.63, 3.8) is 0 Å². The quantitative estimate of drug-likeness (QED) is 0.798. The summed E-state index contributed by atoms with van der Waals surface area (Å²) in [5, 5.41) is 0. The molecule has 1 aliphatic heterocycles. The molecule has 1 saturated heterocycles. The Morgan fingerprint density at radius 3 is 2.69 bits per heavy atom. The van der Waals surface area contributed by atoms with Gasteiger partial charge in [0.15, 0.2) is 0 Å². The summed E-state index contributed by atoms with van der Waals surface area (Å²) >= 11 is 0. The second-order valence-electron chi connectivity index (χ2n) is 5.33. The van der Waals surface area contributed by atoms with Crippen molar-refractivity contribution >= 4 is 5.91 Å². The zero-order chi connectivity index (χ0) is 12.1. The maximum atomic E-state index is 12.2. The third-order valence-electron chi connectivity index (χ3n) is 3.42. The molecule has 0 saturated carbocycles. The Labute approximate surface area is 99.4 Å². The molecule has 2 atom stereocenters. The molecule has 3 heteroatoms. The largest absolute Gasteiger partial charge is 0.338 e. The molecule has 1 amide bonds. The maximum absolute atomic E-state index is 12.2. The van der Waals surface area contributed by atoms with Crippen LogP contribution in [0, 0.1) is 5.92 Å². The molecule has 2 N–H and O–H groups in total. The fourth-order valence-electron chi connectivity index (χ4n) is 2.54. The lowest BCUT2D eigenvalue weighted by molar-refractivity contribution is -0.136. The van der Waals surface area contributed by atoms with E-state index in [4.69, 9.17) is 5.73 Å². The van der Waals surface area contributed by atoms with Crippen LogP contribution in [-0.2, 0) is 4.79 Å². The number of carbonyl (C=O) groups excluding carboxylic acids is 1. The average Bonchev–Trinajstić information content (AvgIpc) is 2.27. The zero-order valence-corrected chi connectivity index (χ0v) is 10.9. The molecule has 0 aromatic heterocycles. The highest BCUT2D eigenvalue weighted by molar-refractivity contribution is 5.82. The van der Waals surface area contributed by atoms with E-state index >= 15 is 0 Å². The van der Waals surface area contributed by atoms with E-state index in [1.54, 1.807) is 0 Å². The maximum Gasteiger partial charge on any atom is 0.239 e. The van der Waals surface area contributed by atoms with E-state index in [1.807, 2.05) is 4.90 Å². The SMILES string of the molecule is CCC1CCCCN1C(=O)[C@H](N)CC(C)C. The summed E-state index contributed by atoms with van der Waals surface area (Å²) < 4.78 is 0. The van der Waals surface area contributed by atoms with Gasteiger partial charge in [-0.2, -0.15) is 0 Å². The highest BCUT2D eigenvalue weighted by atomic mass is 16.2. The Morgan fingerprint density at radius 1 is 1.44 bits per heavy atom. The van der Waals surface area contributed by atoms with Crippen molar-refractivity contribution < 1.29 is 4.79 Å².